The summed E-state index contributed by atoms with van der Waals surface area (Å²) in [5, 5.41) is 22.1. The average Bonchev–Trinajstić information content (AvgIpc) is 3.72. The molecule has 50 heavy (non-hydrogen) atoms. The zero-order chi connectivity index (χ0) is 35.6. The quantitative estimate of drug-likeness (QED) is 0.220. The molecule has 2 atom stereocenters. The lowest BCUT2D eigenvalue weighted by Gasteiger charge is -2.25. The molecule has 264 valence electrons. The van der Waals surface area contributed by atoms with Crippen LogP contribution in [-0.2, 0) is 45.1 Å². The van der Waals surface area contributed by atoms with Gasteiger partial charge in [-0.25, -0.2) is 9.67 Å². The summed E-state index contributed by atoms with van der Waals surface area (Å²) in [4.78, 5) is 72.8. The fraction of sp³-hybridized carbons (Fsp3) is 0.441. The Kier molecular flexibility index (Phi) is 11.9. The van der Waals surface area contributed by atoms with E-state index < -0.39 is 36.3 Å². The smallest absolute Gasteiger partial charge is 0.251 e. The Bertz CT molecular complexity index is 1810. The molecule has 3 heterocycles. The van der Waals surface area contributed by atoms with Crippen molar-refractivity contribution in [3.8, 4) is 0 Å². The molecule has 2 aromatic heterocycles. The molecule has 4 N–H and O–H groups in total. The van der Waals surface area contributed by atoms with E-state index in [1.165, 1.54) is 15.9 Å². The average molecular weight is 686 g/mol. The highest BCUT2D eigenvalue weighted by molar-refractivity contribution is 5.97. The van der Waals surface area contributed by atoms with Crippen LogP contribution in [0.3, 0.4) is 0 Å². The summed E-state index contributed by atoms with van der Waals surface area (Å²) >= 11 is 0. The van der Waals surface area contributed by atoms with E-state index in [4.69, 9.17) is 4.98 Å². The number of rotatable bonds is 6. The maximum Gasteiger partial charge on any atom is 0.251 e. The number of benzene rings is 2. The number of hydrogen-bond acceptors (Lipinski definition) is 9. The number of nitrogens with zero attached hydrogens (tertiary/aromatic N) is 7. The number of nitrogens with one attached hydrogen (secondary N) is 4. The van der Waals surface area contributed by atoms with Crippen LogP contribution in [0.15, 0.2) is 54.9 Å². The van der Waals surface area contributed by atoms with E-state index in [1.54, 1.807) is 19.1 Å². The number of carbonyl (C=O) groups is 5. The maximum atomic E-state index is 13.5. The number of aryl methyl sites for hydroxylation is 1. The number of carbonyl (C=O) groups excluding carboxylic acids is 5. The van der Waals surface area contributed by atoms with Crippen LogP contribution in [0.5, 0.6) is 0 Å². The number of hydrogen-bond donors (Lipinski definition) is 4. The van der Waals surface area contributed by atoms with E-state index in [0.29, 0.717) is 31.0 Å². The van der Waals surface area contributed by atoms with Crippen molar-refractivity contribution in [2.45, 2.75) is 65.2 Å². The molecule has 0 radical (unpaired) electrons. The molecule has 2 aromatic carbocycles. The van der Waals surface area contributed by atoms with E-state index in [1.807, 2.05) is 36.4 Å². The van der Waals surface area contributed by atoms with Crippen LogP contribution in [0.2, 0.25) is 0 Å². The Morgan fingerprint density at radius 1 is 0.960 bits per heavy atom. The minimum atomic E-state index is -1.04. The van der Waals surface area contributed by atoms with Gasteiger partial charge in [-0.2, -0.15) is 0 Å². The van der Waals surface area contributed by atoms with Gasteiger partial charge in [0.25, 0.3) is 5.91 Å². The van der Waals surface area contributed by atoms with Gasteiger partial charge in [0.1, 0.15) is 30.8 Å². The zero-order valence-electron chi connectivity index (χ0n) is 28.5. The van der Waals surface area contributed by atoms with Crippen molar-refractivity contribution in [3.63, 3.8) is 0 Å². The number of tetrazole rings is 1. The second-order valence-electron chi connectivity index (χ2n) is 12.7. The van der Waals surface area contributed by atoms with Crippen LogP contribution in [-0.4, -0.2) is 102 Å². The third-order valence-corrected chi connectivity index (χ3v) is 8.27. The lowest BCUT2D eigenvalue weighted by atomic mass is 10.0. The summed E-state index contributed by atoms with van der Waals surface area (Å²) in [6.07, 6.45) is 2.75. The van der Waals surface area contributed by atoms with Gasteiger partial charge < -0.3 is 30.7 Å². The van der Waals surface area contributed by atoms with Gasteiger partial charge in [-0.1, -0.05) is 44.2 Å². The first kappa shape index (κ1) is 35.6. The second kappa shape index (κ2) is 16.6. The predicted molar refractivity (Wildman–Crippen MR) is 182 cm³/mol. The van der Waals surface area contributed by atoms with Crippen molar-refractivity contribution in [1.82, 2.24) is 55.9 Å². The molecule has 5 rings (SSSR count). The molecule has 0 unspecified atom stereocenters. The number of aromatic nitrogens is 6. The van der Waals surface area contributed by atoms with Gasteiger partial charge in [-0.15, -0.1) is 5.10 Å². The van der Waals surface area contributed by atoms with Gasteiger partial charge in [-0.05, 0) is 53.5 Å². The lowest BCUT2D eigenvalue weighted by molar-refractivity contribution is -0.137. The minimum absolute atomic E-state index is 0.00835. The molecule has 1 aliphatic rings. The minimum Gasteiger partial charge on any atom is -0.354 e. The topological polar surface area (TPSA) is 198 Å². The number of fused-ring (bicyclic) bond motifs is 1. The van der Waals surface area contributed by atoms with Crippen molar-refractivity contribution >= 4 is 40.6 Å². The number of imidazole rings is 1. The molecule has 5 amide bonds. The van der Waals surface area contributed by atoms with Gasteiger partial charge in [0.2, 0.25) is 23.6 Å². The molecule has 16 heteroatoms. The Labute approximate surface area is 289 Å². The summed E-state index contributed by atoms with van der Waals surface area (Å²) in [6.45, 7) is 6.09. The number of amides is 5. The highest BCUT2D eigenvalue weighted by atomic mass is 16.2. The highest BCUT2D eigenvalue weighted by Crippen LogP contribution is 2.21. The molecule has 0 saturated heterocycles. The first-order valence-electron chi connectivity index (χ1n) is 16.7. The summed E-state index contributed by atoms with van der Waals surface area (Å²) in [5.41, 5.74) is 2.76. The van der Waals surface area contributed by atoms with E-state index in [9.17, 15) is 24.0 Å². The molecule has 0 fully saturated rings. The molecule has 4 aromatic rings. The monoisotopic (exact) mass is 685 g/mol. The molecule has 0 aliphatic carbocycles. The lowest BCUT2D eigenvalue weighted by Crippen LogP contribution is -2.55. The Morgan fingerprint density at radius 3 is 2.50 bits per heavy atom. The SMILES string of the molecule is CC(C)Cc1nc2ccc3cc2n1CCCNC(=O)[C@@H](C)NC(=O)[C@H](Cc1ccccc1)NC(=O)CN(C(=O)Cn1cnnn1)CCNC3=O. The summed E-state index contributed by atoms with van der Waals surface area (Å²) in [5.74, 6) is -1.11. The maximum absolute atomic E-state index is 13.5. The third kappa shape index (κ3) is 9.48. The van der Waals surface area contributed by atoms with Crippen LogP contribution in [0.25, 0.3) is 11.0 Å². The van der Waals surface area contributed by atoms with E-state index >= 15 is 0 Å². The molecule has 1 aliphatic heterocycles. The Hall–Kier alpha value is -5.67. The zero-order valence-corrected chi connectivity index (χ0v) is 28.5. The van der Waals surface area contributed by atoms with Gasteiger partial charge in [0, 0.05) is 44.6 Å². The van der Waals surface area contributed by atoms with E-state index in [0.717, 1.165) is 28.8 Å². The summed E-state index contributed by atoms with van der Waals surface area (Å²) in [7, 11) is 0. The van der Waals surface area contributed by atoms with E-state index in [2.05, 4.69) is 55.2 Å². The van der Waals surface area contributed by atoms with Gasteiger partial charge in [-0.3, -0.25) is 24.0 Å². The second-order valence-corrected chi connectivity index (χ2v) is 12.7. The van der Waals surface area contributed by atoms with Crippen LogP contribution >= 0.6 is 0 Å². The standard InChI is InChI=1S/C34H43N11O5/c1-22(2)16-29-39-26-11-10-25-18-28(26)45(29)14-7-12-35-32(48)23(3)38-34(50)27(17-24-8-5-4-6-9-24)40-30(46)19-43(15-13-36-33(25)49)31(47)20-44-21-37-41-42-44/h4-6,8-11,18,21-23,27H,7,12-17,19-20H2,1-3H3,(H,35,48)(H,36,49)(H,38,50)(H,40,46)/t23-,27+/m1/s1. The highest BCUT2D eigenvalue weighted by Gasteiger charge is 2.27. The van der Waals surface area contributed by atoms with Crippen LogP contribution in [0, 0.1) is 5.92 Å². The summed E-state index contributed by atoms with van der Waals surface area (Å²) < 4.78 is 3.30. The van der Waals surface area contributed by atoms with Crippen LogP contribution in [0.1, 0.15) is 48.9 Å². The van der Waals surface area contributed by atoms with Crippen molar-refractivity contribution in [3.05, 3.63) is 71.8 Å². The Balaban J connectivity index is 1.42. The van der Waals surface area contributed by atoms with Crippen molar-refractivity contribution in [1.29, 1.82) is 0 Å². The predicted octanol–water partition coefficient (Wildman–Crippen LogP) is 0.232. The van der Waals surface area contributed by atoms with Gasteiger partial charge in [0.05, 0.1) is 17.6 Å². The molecular weight excluding hydrogens is 642 g/mol. The normalized spacial score (nSPS) is 18.7. The van der Waals surface area contributed by atoms with E-state index in [-0.39, 0.29) is 37.9 Å². The first-order valence-corrected chi connectivity index (χ1v) is 16.7. The molecule has 2 bridgehead atoms. The molecule has 0 spiro atoms. The van der Waals surface area contributed by atoms with Crippen molar-refractivity contribution in [2.24, 2.45) is 5.92 Å². The van der Waals surface area contributed by atoms with Gasteiger partial charge >= 0.3 is 0 Å². The van der Waals surface area contributed by atoms with Crippen molar-refractivity contribution < 1.29 is 24.0 Å². The van der Waals surface area contributed by atoms with Crippen molar-refractivity contribution in [2.75, 3.05) is 26.2 Å². The molecule has 16 nitrogen and oxygen atoms in total. The molecular formula is C34H43N11O5. The third-order valence-electron chi connectivity index (χ3n) is 8.27. The summed E-state index contributed by atoms with van der Waals surface area (Å²) in [6, 6.07) is 12.5. The Morgan fingerprint density at radius 2 is 1.76 bits per heavy atom. The fourth-order valence-electron chi connectivity index (χ4n) is 5.73. The first-order chi connectivity index (χ1) is 24.1. The largest absolute Gasteiger partial charge is 0.354 e. The molecule has 0 saturated carbocycles. The van der Waals surface area contributed by atoms with Crippen LogP contribution in [0.4, 0.5) is 0 Å². The van der Waals surface area contributed by atoms with Gasteiger partial charge in [0.15, 0.2) is 0 Å². The fourth-order valence-corrected chi connectivity index (χ4v) is 5.73. The van der Waals surface area contributed by atoms with Crippen LogP contribution < -0.4 is 21.3 Å².